The monoisotopic (exact) mass is 211 g/mol. The van der Waals surface area contributed by atoms with Gasteiger partial charge in [-0.1, -0.05) is 11.6 Å². The van der Waals surface area contributed by atoms with E-state index in [1.165, 1.54) is 0 Å². The fourth-order valence-corrected chi connectivity index (χ4v) is 1.86. The fourth-order valence-electron chi connectivity index (χ4n) is 1.86. The molecule has 1 aliphatic rings. The van der Waals surface area contributed by atoms with Crippen LogP contribution in [0.25, 0.3) is 0 Å². The van der Waals surface area contributed by atoms with Crippen molar-refractivity contribution in [1.29, 1.82) is 0 Å². The molecule has 0 aliphatic heterocycles. The van der Waals surface area contributed by atoms with E-state index in [1.54, 1.807) is 6.08 Å². The third kappa shape index (κ3) is 2.91. The Morgan fingerprint density at radius 1 is 1.67 bits per heavy atom. The first-order valence-corrected chi connectivity index (χ1v) is 4.95. The van der Waals surface area contributed by atoms with Crippen molar-refractivity contribution in [2.45, 2.75) is 38.8 Å². The van der Waals surface area contributed by atoms with Crippen molar-refractivity contribution in [3.05, 3.63) is 22.8 Å². The van der Waals surface area contributed by atoms with Crippen molar-refractivity contribution in [1.82, 2.24) is 0 Å². The van der Waals surface area contributed by atoms with Crippen LogP contribution in [-0.4, -0.2) is 28.3 Å². The molecule has 0 heterocycles. The number of carbonyl (C=O) groups is 1. The number of nitrogens with two attached hydrogens (primary N) is 1. The molecule has 4 nitrogen and oxygen atoms in total. The van der Waals surface area contributed by atoms with Crippen LogP contribution in [0.4, 0.5) is 0 Å². The maximum atomic E-state index is 10.6. The molecule has 15 heavy (non-hydrogen) atoms. The summed E-state index contributed by atoms with van der Waals surface area (Å²) in [6.07, 6.45) is 2.20. The van der Waals surface area contributed by atoms with Gasteiger partial charge in [0.05, 0.1) is 6.10 Å². The smallest absolute Gasteiger partial charge is 0.320 e. The van der Waals surface area contributed by atoms with Crippen LogP contribution in [0.5, 0.6) is 0 Å². The fraction of sp³-hybridized carbons (Fsp3) is 0.545. The Balaban J connectivity index is 2.81. The van der Waals surface area contributed by atoms with Gasteiger partial charge in [-0.3, -0.25) is 4.79 Å². The quantitative estimate of drug-likeness (QED) is 0.645. The minimum atomic E-state index is -0.991. The molecule has 0 radical (unpaired) electrons. The summed E-state index contributed by atoms with van der Waals surface area (Å²) in [6.45, 7) is 3.78. The van der Waals surface area contributed by atoms with E-state index in [9.17, 15) is 9.90 Å². The molecule has 0 saturated carbocycles. The van der Waals surface area contributed by atoms with Gasteiger partial charge >= 0.3 is 5.97 Å². The maximum Gasteiger partial charge on any atom is 0.320 e. The van der Waals surface area contributed by atoms with Gasteiger partial charge in [0.1, 0.15) is 6.04 Å². The average molecular weight is 211 g/mol. The zero-order valence-electron chi connectivity index (χ0n) is 9.03. The highest BCUT2D eigenvalue weighted by Gasteiger charge is 2.20. The molecule has 0 amide bonds. The molecule has 4 heteroatoms. The molecule has 0 spiro atoms. The van der Waals surface area contributed by atoms with Crippen molar-refractivity contribution in [3.8, 4) is 0 Å². The topological polar surface area (TPSA) is 83.5 Å². The second kappa shape index (κ2) is 4.59. The van der Waals surface area contributed by atoms with Gasteiger partial charge in [-0.15, -0.1) is 0 Å². The van der Waals surface area contributed by atoms with Gasteiger partial charge in [0.25, 0.3) is 0 Å². The summed E-state index contributed by atoms with van der Waals surface area (Å²) in [6, 6.07) is -0.867. The van der Waals surface area contributed by atoms with Gasteiger partial charge in [0.15, 0.2) is 0 Å². The summed E-state index contributed by atoms with van der Waals surface area (Å²) in [5, 5.41) is 18.2. The van der Waals surface area contributed by atoms with Crippen LogP contribution in [0.2, 0.25) is 0 Å². The number of rotatable bonds is 3. The number of aliphatic hydroxyl groups is 1. The maximum absolute atomic E-state index is 10.6. The first-order chi connectivity index (χ1) is 6.91. The predicted octanol–water partition coefficient (Wildman–Crippen LogP) is 0.816. The Morgan fingerprint density at radius 2 is 2.27 bits per heavy atom. The summed E-state index contributed by atoms with van der Waals surface area (Å²) >= 11 is 0. The third-order valence-corrected chi connectivity index (χ3v) is 2.69. The van der Waals surface area contributed by atoms with E-state index in [4.69, 9.17) is 10.8 Å². The minimum Gasteiger partial charge on any atom is -0.480 e. The number of aliphatic hydroxyl groups excluding tert-OH is 1. The third-order valence-electron chi connectivity index (χ3n) is 2.69. The Bertz CT molecular complexity index is 331. The standard InChI is InChI=1S/C11H17NO3/c1-6-3-8(13)4-7(2)9(6)5-10(12)11(14)15/h3,8,10,13H,4-5,12H2,1-2H3,(H,14,15). The number of hydrogen-bond acceptors (Lipinski definition) is 3. The number of hydrogen-bond donors (Lipinski definition) is 3. The van der Waals surface area contributed by atoms with Crippen LogP contribution in [0.15, 0.2) is 22.8 Å². The van der Waals surface area contributed by atoms with E-state index in [2.05, 4.69) is 0 Å². The van der Waals surface area contributed by atoms with Crippen LogP contribution in [-0.2, 0) is 4.79 Å². The van der Waals surface area contributed by atoms with Crippen molar-refractivity contribution in [2.24, 2.45) is 5.73 Å². The zero-order chi connectivity index (χ0) is 11.6. The summed E-state index contributed by atoms with van der Waals surface area (Å²) in [5.41, 5.74) is 8.41. The molecular formula is C11H17NO3. The lowest BCUT2D eigenvalue weighted by Crippen LogP contribution is -2.31. The summed E-state index contributed by atoms with van der Waals surface area (Å²) in [4.78, 5) is 10.6. The molecule has 0 aromatic rings. The predicted molar refractivity (Wildman–Crippen MR) is 57.3 cm³/mol. The second-order valence-electron chi connectivity index (χ2n) is 4.03. The second-order valence-corrected chi connectivity index (χ2v) is 4.03. The molecule has 0 fully saturated rings. The molecule has 84 valence electrons. The highest BCUT2D eigenvalue weighted by atomic mass is 16.4. The normalized spacial score (nSPS) is 23.7. The van der Waals surface area contributed by atoms with E-state index < -0.39 is 18.1 Å². The average Bonchev–Trinajstić information content (AvgIpc) is 2.10. The molecule has 1 aliphatic carbocycles. The zero-order valence-corrected chi connectivity index (χ0v) is 9.03. The number of aliphatic carboxylic acids is 1. The molecular weight excluding hydrogens is 194 g/mol. The summed E-state index contributed by atoms with van der Waals surface area (Å²) < 4.78 is 0. The summed E-state index contributed by atoms with van der Waals surface area (Å²) in [5.74, 6) is -0.991. The van der Waals surface area contributed by atoms with Crippen LogP contribution in [0.3, 0.4) is 0 Å². The van der Waals surface area contributed by atoms with Gasteiger partial charge in [0.2, 0.25) is 0 Å². The SMILES string of the molecule is CC1=CC(O)CC(C)=C1CC(N)C(=O)O. The first-order valence-electron chi connectivity index (χ1n) is 4.95. The van der Waals surface area contributed by atoms with E-state index in [1.807, 2.05) is 13.8 Å². The van der Waals surface area contributed by atoms with Gasteiger partial charge in [-0.05, 0) is 37.8 Å². The Kier molecular flexibility index (Phi) is 3.66. The molecule has 0 aromatic carbocycles. The van der Waals surface area contributed by atoms with Crippen molar-refractivity contribution >= 4 is 5.97 Å². The lowest BCUT2D eigenvalue weighted by molar-refractivity contribution is -0.138. The Morgan fingerprint density at radius 3 is 2.73 bits per heavy atom. The largest absolute Gasteiger partial charge is 0.480 e. The van der Waals surface area contributed by atoms with E-state index in [0.29, 0.717) is 12.8 Å². The molecule has 4 N–H and O–H groups in total. The van der Waals surface area contributed by atoms with Crippen molar-refractivity contribution < 1.29 is 15.0 Å². The highest BCUT2D eigenvalue weighted by Crippen LogP contribution is 2.28. The Labute approximate surface area is 89.1 Å². The molecule has 0 saturated heterocycles. The van der Waals surface area contributed by atoms with Crippen molar-refractivity contribution in [3.63, 3.8) is 0 Å². The van der Waals surface area contributed by atoms with Gasteiger partial charge < -0.3 is 15.9 Å². The molecule has 1 rings (SSSR count). The number of allylic oxidation sites excluding steroid dienone is 1. The number of carboxylic acid groups (broad SMARTS) is 1. The van der Waals surface area contributed by atoms with Gasteiger partial charge in [-0.2, -0.15) is 0 Å². The van der Waals surface area contributed by atoms with Crippen molar-refractivity contribution in [2.75, 3.05) is 0 Å². The lowest BCUT2D eigenvalue weighted by atomic mass is 9.87. The van der Waals surface area contributed by atoms with Crippen LogP contribution < -0.4 is 5.73 Å². The molecule has 2 atom stereocenters. The van der Waals surface area contributed by atoms with E-state index >= 15 is 0 Å². The number of carboxylic acids is 1. The van der Waals surface area contributed by atoms with Gasteiger partial charge in [-0.25, -0.2) is 0 Å². The van der Waals surface area contributed by atoms with Crippen LogP contribution >= 0.6 is 0 Å². The molecule has 2 unspecified atom stereocenters. The Hall–Kier alpha value is -1.13. The first kappa shape index (κ1) is 11.9. The van der Waals surface area contributed by atoms with E-state index in [0.717, 1.165) is 16.7 Å². The molecule has 0 aromatic heterocycles. The van der Waals surface area contributed by atoms with Gasteiger partial charge in [0, 0.05) is 0 Å². The lowest BCUT2D eigenvalue weighted by Gasteiger charge is -2.22. The highest BCUT2D eigenvalue weighted by molar-refractivity contribution is 5.73. The van der Waals surface area contributed by atoms with Crippen LogP contribution in [0, 0.1) is 0 Å². The summed E-state index contributed by atoms with van der Waals surface area (Å²) in [7, 11) is 0. The van der Waals surface area contributed by atoms with E-state index in [-0.39, 0.29) is 0 Å². The minimum absolute atomic E-state index is 0.330. The van der Waals surface area contributed by atoms with Crippen LogP contribution in [0.1, 0.15) is 26.7 Å². The molecule has 0 bridgehead atoms.